The van der Waals surface area contributed by atoms with Crippen LogP contribution in [0.4, 0.5) is 0 Å². The summed E-state index contributed by atoms with van der Waals surface area (Å²) in [7, 11) is -4.42. The highest BCUT2D eigenvalue weighted by molar-refractivity contribution is 7.48. The third-order valence-corrected chi connectivity index (χ3v) is 6.74. The maximum atomic E-state index is 12.4. The van der Waals surface area contributed by atoms with Gasteiger partial charge >= 0.3 is 13.8 Å². The number of ether oxygens (including phenoxy) is 2. The standard InChI is InChI=1S/C29H43O7P/c1-3-5-7-9-11-13-23-33-26-19-21-28(22-20-26)36-37(31,32)35-27-17-15-25(16-18-27)29(30)34-24-14-12-10-8-6-4-2/h15-22H,3-14,23-24H2,1-2H3,(H,31,32). The van der Waals surface area contributed by atoms with Gasteiger partial charge in [-0.1, -0.05) is 78.1 Å². The summed E-state index contributed by atoms with van der Waals surface area (Å²) in [6.07, 6.45) is 13.8. The first-order valence-corrected chi connectivity index (χ1v) is 15.1. The van der Waals surface area contributed by atoms with Gasteiger partial charge in [0.25, 0.3) is 0 Å². The molecule has 8 heteroatoms. The van der Waals surface area contributed by atoms with E-state index in [9.17, 15) is 14.3 Å². The molecule has 0 saturated carbocycles. The quantitative estimate of drug-likeness (QED) is 0.103. The van der Waals surface area contributed by atoms with Crippen molar-refractivity contribution in [2.75, 3.05) is 13.2 Å². The molecule has 2 aromatic carbocycles. The zero-order valence-corrected chi connectivity index (χ0v) is 23.3. The Labute approximate surface area is 222 Å². The van der Waals surface area contributed by atoms with Gasteiger partial charge in [0.2, 0.25) is 0 Å². The molecular formula is C29H43O7P. The van der Waals surface area contributed by atoms with Gasteiger partial charge in [-0.05, 0) is 61.4 Å². The number of phosphoric ester groups is 1. The van der Waals surface area contributed by atoms with Crippen LogP contribution in [0.25, 0.3) is 0 Å². The first-order chi connectivity index (χ1) is 17.9. The third kappa shape index (κ3) is 13.6. The van der Waals surface area contributed by atoms with Crippen LogP contribution in [0.1, 0.15) is 101 Å². The van der Waals surface area contributed by atoms with E-state index < -0.39 is 13.8 Å². The Morgan fingerprint density at radius 1 is 0.649 bits per heavy atom. The predicted octanol–water partition coefficient (Wildman–Crippen LogP) is 8.50. The Morgan fingerprint density at radius 2 is 1.08 bits per heavy atom. The van der Waals surface area contributed by atoms with E-state index in [0.717, 1.165) is 32.1 Å². The zero-order valence-electron chi connectivity index (χ0n) is 22.4. The molecule has 7 nitrogen and oxygen atoms in total. The molecule has 0 spiro atoms. The molecule has 1 unspecified atom stereocenters. The van der Waals surface area contributed by atoms with Gasteiger partial charge in [-0.15, -0.1) is 0 Å². The Balaban J connectivity index is 1.71. The molecule has 0 fully saturated rings. The number of rotatable bonds is 20. The van der Waals surface area contributed by atoms with Crippen molar-refractivity contribution in [3.8, 4) is 17.2 Å². The Kier molecular flexibility index (Phi) is 14.8. The minimum atomic E-state index is -4.42. The molecule has 2 aromatic rings. The van der Waals surface area contributed by atoms with Crippen molar-refractivity contribution in [3.05, 3.63) is 54.1 Å². The van der Waals surface area contributed by atoms with Crippen LogP contribution in [0, 0.1) is 0 Å². The summed E-state index contributed by atoms with van der Waals surface area (Å²) in [4.78, 5) is 22.3. The van der Waals surface area contributed by atoms with Crippen LogP contribution >= 0.6 is 7.82 Å². The minimum absolute atomic E-state index is 0.109. The number of carbonyl (C=O) groups excluding carboxylic acids is 1. The summed E-state index contributed by atoms with van der Waals surface area (Å²) in [6.45, 7) is 5.40. The maximum absolute atomic E-state index is 12.4. The first kappa shape index (κ1) is 30.7. The molecule has 0 bridgehead atoms. The van der Waals surface area contributed by atoms with Crippen molar-refractivity contribution >= 4 is 13.8 Å². The molecular weight excluding hydrogens is 491 g/mol. The highest BCUT2D eigenvalue weighted by atomic mass is 31.2. The Bertz CT molecular complexity index is 928. The highest BCUT2D eigenvalue weighted by Gasteiger charge is 2.25. The average Bonchev–Trinajstić information content (AvgIpc) is 2.88. The van der Waals surface area contributed by atoms with Crippen molar-refractivity contribution in [2.45, 2.75) is 90.9 Å². The predicted molar refractivity (Wildman–Crippen MR) is 146 cm³/mol. The number of benzene rings is 2. The zero-order chi connectivity index (χ0) is 26.8. The summed E-state index contributed by atoms with van der Waals surface area (Å²) in [5, 5.41) is 0. The molecule has 2 rings (SSSR count). The van der Waals surface area contributed by atoms with E-state index in [2.05, 4.69) is 13.8 Å². The first-order valence-electron chi connectivity index (χ1n) is 13.7. The summed E-state index contributed by atoms with van der Waals surface area (Å²) in [5.41, 5.74) is 0.351. The molecule has 0 aliphatic rings. The van der Waals surface area contributed by atoms with E-state index in [4.69, 9.17) is 18.5 Å². The summed E-state index contributed by atoms with van der Waals surface area (Å²) >= 11 is 0. The van der Waals surface area contributed by atoms with Crippen molar-refractivity contribution < 1.29 is 32.8 Å². The molecule has 0 radical (unpaired) electrons. The lowest BCUT2D eigenvalue weighted by molar-refractivity contribution is 0.0497. The largest absolute Gasteiger partial charge is 0.584 e. The second-order valence-corrected chi connectivity index (χ2v) is 10.5. The van der Waals surface area contributed by atoms with E-state index in [1.54, 1.807) is 24.3 Å². The number of unbranched alkanes of at least 4 members (excludes halogenated alkanes) is 10. The molecule has 0 aliphatic heterocycles. The monoisotopic (exact) mass is 534 g/mol. The minimum Gasteiger partial charge on any atom is -0.494 e. The lowest BCUT2D eigenvalue weighted by Gasteiger charge is -2.14. The van der Waals surface area contributed by atoms with Gasteiger partial charge < -0.3 is 18.5 Å². The molecule has 37 heavy (non-hydrogen) atoms. The number of carbonyl (C=O) groups is 1. The second-order valence-electron chi connectivity index (χ2n) is 9.17. The van der Waals surface area contributed by atoms with Crippen molar-refractivity contribution in [1.82, 2.24) is 0 Å². The molecule has 0 aliphatic carbocycles. The molecule has 206 valence electrons. The average molecular weight is 535 g/mol. The van der Waals surface area contributed by atoms with Gasteiger partial charge in [0.05, 0.1) is 18.8 Å². The maximum Gasteiger partial charge on any atom is 0.584 e. The Hall–Kier alpha value is -2.50. The molecule has 0 amide bonds. The van der Waals surface area contributed by atoms with Crippen LogP contribution in [0.5, 0.6) is 17.2 Å². The van der Waals surface area contributed by atoms with Crippen LogP contribution < -0.4 is 13.8 Å². The topological polar surface area (TPSA) is 91.3 Å². The second kappa shape index (κ2) is 17.9. The molecule has 0 heterocycles. The summed E-state index contributed by atoms with van der Waals surface area (Å²) in [6, 6.07) is 12.4. The smallest absolute Gasteiger partial charge is 0.494 e. The van der Waals surface area contributed by atoms with E-state index in [-0.39, 0.29) is 11.5 Å². The van der Waals surface area contributed by atoms with Gasteiger partial charge in [-0.3, -0.25) is 4.89 Å². The van der Waals surface area contributed by atoms with E-state index in [1.165, 1.54) is 69.2 Å². The van der Waals surface area contributed by atoms with Crippen LogP contribution in [0.3, 0.4) is 0 Å². The van der Waals surface area contributed by atoms with Gasteiger partial charge in [-0.25, -0.2) is 9.36 Å². The van der Waals surface area contributed by atoms with Crippen molar-refractivity contribution in [2.24, 2.45) is 0 Å². The molecule has 0 aromatic heterocycles. The van der Waals surface area contributed by atoms with Gasteiger partial charge in [0.1, 0.15) is 17.2 Å². The fourth-order valence-electron chi connectivity index (χ4n) is 3.74. The highest BCUT2D eigenvalue weighted by Crippen LogP contribution is 2.44. The lowest BCUT2D eigenvalue weighted by Crippen LogP contribution is -2.06. The fourth-order valence-corrected chi connectivity index (χ4v) is 4.55. The number of hydrogen-bond donors (Lipinski definition) is 1. The van der Waals surface area contributed by atoms with Crippen molar-refractivity contribution in [3.63, 3.8) is 0 Å². The van der Waals surface area contributed by atoms with Gasteiger partial charge in [0, 0.05) is 0 Å². The molecule has 1 N–H and O–H groups in total. The summed E-state index contributed by atoms with van der Waals surface area (Å²) < 4.78 is 33.7. The van der Waals surface area contributed by atoms with E-state index in [1.807, 2.05) is 0 Å². The summed E-state index contributed by atoms with van der Waals surface area (Å²) in [5.74, 6) is 0.542. The lowest BCUT2D eigenvalue weighted by atomic mass is 10.1. The van der Waals surface area contributed by atoms with Crippen LogP contribution in [-0.2, 0) is 9.30 Å². The van der Waals surface area contributed by atoms with Crippen LogP contribution in [-0.4, -0.2) is 24.1 Å². The molecule has 0 saturated heterocycles. The van der Waals surface area contributed by atoms with Crippen molar-refractivity contribution in [1.29, 1.82) is 0 Å². The fraction of sp³-hybridized carbons (Fsp3) is 0.552. The SMILES string of the molecule is CCCCCCCCOC(=O)c1ccc(OP(=O)(O)Oc2ccc(OCCCCCCCC)cc2)cc1. The number of hydrogen-bond acceptors (Lipinski definition) is 6. The Morgan fingerprint density at radius 3 is 1.62 bits per heavy atom. The number of esters is 1. The molecule has 1 atom stereocenters. The van der Waals surface area contributed by atoms with E-state index >= 15 is 0 Å². The normalized spacial score (nSPS) is 12.5. The van der Waals surface area contributed by atoms with Crippen LogP contribution in [0.15, 0.2) is 48.5 Å². The van der Waals surface area contributed by atoms with Gasteiger partial charge in [0.15, 0.2) is 0 Å². The van der Waals surface area contributed by atoms with E-state index in [0.29, 0.717) is 24.5 Å². The van der Waals surface area contributed by atoms with Gasteiger partial charge in [-0.2, -0.15) is 0 Å². The third-order valence-electron chi connectivity index (χ3n) is 5.85. The number of phosphoric acid groups is 1. The van der Waals surface area contributed by atoms with Crippen LogP contribution in [0.2, 0.25) is 0 Å².